The summed E-state index contributed by atoms with van der Waals surface area (Å²) in [6.07, 6.45) is 3.50. The van der Waals surface area contributed by atoms with Gasteiger partial charge in [-0.05, 0) is 26.0 Å². The Morgan fingerprint density at radius 1 is 1.38 bits per heavy atom. The van der Waals surface area contributed by atoms with Gasteiger partial charge in [-0.3, -0.25) is 4.98 Å². The Hall–Kier alpha value is -1.09. The minimum absolute atomic E-state index is 0.131. The van der Waals surface area contributed by atoms with Crippen LogP contribution in [0.25, 0.3) is 0 Å². The van der Waals surface area contributed by atoms with Crippen LogP contribution in [-0.2, 0) is 0 Å². The first kappa shape index (κ1) is 9.99. The normalized spacial score (nSPS) is 11.4. The molecule has 1 N–H and O–H groups in total. The first-order valence-corrected chi connectivity index (χ1v) is 4.32. The van der Waals surface area contributed by atoms with E-state index >= 15 is 0 Å². The summed E-state index contributed by atoms with van der Waals surface area (Å²) in [7, 11) is 1.96. The van der Waals surface area contributed by atoms with Gasteiger partial charge in [-0.25, -0.2) is 0 Å². The number of pyridine rings is 1. The molecule has 3 nitrogen and oxygen atoms in total. The average molecular weight is 180 g/mol. The summed E-state index contributed by atoms with van der Waals surface area (Å²) < 4.78 is 0. The first-order chi connectivity index (χ1) is 6.08. The third kappa shape index (κ3) is 2.18. The van der Waals surface area contributed by atoms with Crippen molar-refractivity contribution in [2.45, 2.75) is 19.4 Å². The van der Waals surface area contributed by atoms with Gasteiger partial charge in [-0.2, -0.15) is 0 Å². The van der Waals surface area contributed by atoms with Crippen LogP contribution in [0.1, 0.15) is 13.8 Å². The Kier molecular flexibility index (Phi) is 2.88. The Balaban J connectivity index is 2.85. The van der Waals surface area contributed by atoms with Gasteiger partial charge >= 0.3 is 0 Å². The number of hydrogen-bond donors (Lipinski definition) is 1. The number of aliphatic hydroxyl groups is 1. The van der Waals surface area contributed by atoms with E-state index in [2.05, 4.69) is 4.98 Å². The van der Waals surface area contributed by atoms with E-state index in [1.807, 2.05) is 37.9 Å². The number of anilines is 1. The predicted molar refractivity (Wildman–Crippen MR) is 53.8 cm³/mol. The molecule has 3 heteroatoms. The molecule has 0 radical (unpaired) electrons. The maximum absolute atomic E-state index is 9.17. The molecular formula is C10H16N2O. The fraction of sp³-hybridized carbons (Fsp3) is 0.500. The number of rotatable bonds is 3. The van der Waals surface area contributed by atoms with Crippen molar-refractivity contribution in [2.24, 2.45) is 0 Å². The first-order valence-electron chi connectivity index (χ1n) is 4.32. The van der Waals surface area contributed by atoms with Crippen molar-refractivity contribution in [2.75, 3.05) is 18.6 Å². The molecule has 0 aliphatic carbocycles. The van der Waals surface area contributed by atoms with Gasteiger partial charge in [0.1, 0.15) is 0 Å². The smallest absolute Gasteiger partial charge is 0.0658 e. The molecule has 0 unspecified atom stereocenters. The highest BCUT2D eigenvalue weighted by atomic mass is 16.3. The van der Waals surface area contributed by atoms with Crippen molar-refractivity contribution in [1.29, 1.82) is 0 Å². The number of hydrogen-bond acceptors (Lipinski definition) is 3. The van der Waals surface area contributed by atoms with E-state index in [0.717, 1.165) is 5.69 Å². The van der Waals surface area contributed by atoms with Gasteiger partial charge in [0, 0.05) is 25.1 Å². The minimum Gasteiger partial charge on any atom is -0.394 e. The number of nitrogens with zero attached hydrogens (tertiary/aromatic N) is 2. The lowest BCUT2D eigenvalue weighted by molar-refractivity contribution is 0.216. The molecule has 72 valence electrons. The van der Waals surface area contributed by atoms with E-state index in [0.29, 0.717) is 0 Å². The zero-order valence-electron chi connectivity index (χ0n) is 8.36. The summed E-state index contributed by atoms with van der Waals surface area (Å²) in [6.45, 7) is 4.12. The molecule has 0 spiro atoms. The second-order valence-corrected chi connectivity index (χ2v) is 3.73. The summed E-state index contributed by atoms with van der Waals surface area (Å²) in [5.74, 6) is 0. The molecule has 0 saturated heterocycles. The molecule has 0 amide bonds. The lowest BCUT2D eigenvalue weighted by Crippen LogP contribution is -2.44. The van der Waals surface area contributed by atoms with Gasteiger partial charge in [0.2, 0.25) is 0 Å². The third-order valence-electron chi connectivity index (χ3n) is 2.34. The minimum atomic E-state index is -0.235. The van der Waals surface area contributed by atoms with E-state index in [-0.39, 0.29) is 12.1 Å². The zero-order valence-corrected chi connectivity index (χ0v) is 8.36. The van der Waals surface area contributed by atoms with Gasteiger partial charge in [0.05, 0.1) is 12.1 Å². The van der Waals surface area contributed by atoms with E-state index in [1.54, 1.807) is 12.4 Å². The van der Waals surface area contributed by atoms with Crippen molar-refractivity contribution in [3.63, 3.8) is 0 Å². The molecule has 0 atom stereocenters. The summed E-state index contributed by atoms with van der Waals surface area (Å²) in [4.78, 5) is 5.98. The lowest BCUT2D eigenvalue weighted by atomic mass is 10.0. The summed E-state index contributed by atoms with van der Waals surface area (Å²) in [6, 6.07) is 3.86. The van der Waals surface area contributed by atoms with Crippen molar-refractivity contribution in [1.82, 2.24) is 4.98 Å². The van der Waals surface area contributed by atoms with E-state index in [9.17, 15) is 0 Å². The number of aliphatic hydroxyl groups excluding tert-OH is 1. The van der Waals surface area contributed by atoms with Crippen LogP contribution in [0.2, 0.25) is 0 Å². The van der Waals surface area contributed by atoms with Crippen molar-refractivity contribution < 1.29 is 5.11 Å². The SMILES string of the molecule is CN(c1ccncc1)C(C)(C)CO. The Morgan fingerprint density at radius 2 is 1.92 bits per heavy atom. The fourth-order valence-electron chi connectivity index (χ4n) is 1.02. The van der Waals surface area contributed by atoms with Crippen LogP contribution in [-0.4, -0.2) is 29.3 Å². The van der Waals surface area contributed by atoms with Crippen LogP contribution >= 0.6 is 0 Å². The Bertz CT molecular complexity index is 259. The van der Waals surface area contributed by atoms with Gasteiger partial charge in [-0.1, -0.05) is 0 Å². The molecular weight excluding hydrogens is 164 g/mol. The van der Waals surface area contributed by atoms with E-state index in [4.69, 9.17) is 5.11 Å². The van der Waals surface area contributed by atoms with E-state index < -0.39 is 0 Å². The molecule has 1 aromatic rings. The zero-order chi connectivity index (χ0) is 9.90. The molecule has 0 bridgehead atoms. The van der Waals surface area contributed by atoms with Crippen molar-refractivity contribution in [3.05, 3.63) is 24.5 Å². The number of aromatic nitrogens is 1. The lowest BCUT2D eigenvalue weighted by Gasteiger charge is -2.35. The molecule has 1 heterocycles. The number of likely N-dealkylation sites (N-methyl/N-ethyl adjacent to an activating group) is 1. The monoisotopic (exact) mass is 180 g/mol. The molecule has 0 saturated carbocycles. The highest BCUT2D eigenvalue weighted by Crippen LogP contribution is 2.20. The predicted octanol–water partition coefficient (Wildman–Crippen LogP) is 1.29. The van der Waals surface area contributed by atoms with Gasteiger partial charge in [-0.15, -0.1) is 0 Å². The second-order valence-electron chi connectivity index (χ2n) is 3.73. The molecule has 13 heavy (non-hydrogen) atoms. The van der Waals surface area contributed by atoms with Crippen molar-refractivity contribution >= 4 is 5.69 Å². The van der Waals surface area contributed by atoms with Gasteiger partial charge in [0.25, 0.3) is 0 Å². The summed E-state index contributed by atoms with van der Waals surface area (Å²) in [5, 5.41) is 9.17. The van der Waals surface area contributed by atoms with Crippen LogP contribution in [0, 0.1) is 0 Å². The van der Waals surface area contributed by atoms with Crippen LogP contribution in [0.4, 0.5) is 5.69 Å². The Labute approximate surface area is 79.0 Å². The third-order valence-corrected chi connectivity index (χ3v) is 2.34. The highest BCUT2D eigenvalue weighted by molar-refractivity contribution is 5.46. The molecule has 1 aromatic heterocycles. The molecule has 0 aromatic carbocycles. The van der Waals surface area contributed by atoms with Gasteiger partial charge in [0.15, 0.2) is 0 Å². The maximum Gasteiger partial charge on any atom is 0.0658 e. The van der Waals surface area contributed by atoms with Crippen molar-refractivity contribution in [3.8, 4) is 0 Å². The maximum atomic E-state index is 9.17. The van der Waals surface area contributed by atoms with Gasteiger partial charge < -0.3 is 10.0 Å². The highest BCUT2D eigenvalue weighted by Gasteiger charge is 2.22. The molecule has 0 aliphatic heterocycles. The molecule has 1 rings (SSSR count). The van der Waals surface area contributed by atoms with E-state index in [1.165, 1.54) is 0 Å². The summed E-state index contributed by atoms with van der Waals surface area (Å²) in [5.41, 5.74) is 0.829. The average Bonchev–Trinajstić information content (AvgIpc) is 2.18. The molecule has 0 aliphatic rings. The van der Waals surface area contributed by atoms with Crippen LogP contribution in [0.5, 0.6) is 0 Å². The fourth-order valence-corrected chi connectivity index (χ4v) is 1.02. The quantitative estimate of drug-likeness (QED) is 0.761. The standard InChI is InChI=1S/C10H16N2O/c1-10(2,8-13)12(3)9-4-6-11-7-5-9/h4-7,13H,8H2,1-3H3. The largest absolute Gasteiger partial charge is 0.394 e. The summed E-state index contributed by atoms with van der Waals surface area (Å²) >= 11 is 0. The topological polar surface area (TPSA) is 36.4 Å². The van der Waals surface area contributed by atoms with Crippen LogP contribution in [0.3, 0.4) is 0 Å². The Morgan fingerprint density at radius 3 is 2.38 bits per heavy atom. The van der Waals surface area contributed by atoms with Crippen LogP contribution < -0.4 is 4.90 Å². The van der Waals surface area contributed by atoms with Crippen LogP contribution in [0.15, 0.2) is 24.5 Å². The second kappa shape index (κ2) is 3.75. The molecule has 0 fully saturated rings.